The van der Waals surface area contributed by atoms with Gasteiger partial charge in [0.1, 0.15) is 40.3 Å². The van der Waals surface area contributed by atoms with E-state index in [4.69, 9.17) is 14.2 Å². The summed E-state index contributed by atoms with van der Waals surface area (Å²) in [6.07, 6.45) is 5.18. The molecular weight excluding hydrogens is 737 g/mol. The number of aromatic hydroxyl groups is 2. The van der Waals surface area contributed by atoms with Crippen LogP contribution in [-0.2, 0) is 29.0 Å². The van der Waals surface area contributed by atoms with E-state index < -0.39 is 47.1 Å². The molecule has 2 aliphatic heterocycles. The van der Waals surface area contributed by atoms with E-state index in [-0.39, 0.29) is 69.1 Å². The summed E-state index contributed by atoms with van der Waals surface area (Å²) in [5.41, 5.74) is -0.571. The predicted molar refractivity (Wildman–Crippen MR) is 216 cm³/mol. The molecule has 12 atom stereocenters. The van der Waals surface area contributed by atoms with Gasteiger partial charge in [-0.25, -0.2) is 0 Å². The van der Waals surface area contributed by atoms with Crippen LogP contribution in [0.25, 0.3) is 0 Å². The molecule has 4 saturated carbocycles. The number of aliphatic hydroxyl groups is 3. The van der Waals surface area contributed by atoms with Crippen molar-refractivity contribution in [3.63, 3.8) is 0 Å². The maximum Gasteiger partial charge on any atom is 0.302 e. The number of carbonyl (C=O) groups is 2. The third kappa shape index (κ3) is 4.83. The molecule has 9 rings (SSSR count). The van der Waals surface area contributed by atoms with Gasteiger partial charge in [-0.1, -0.05) is 55.4 Å². The van der Waals surface area contributed by atoms with Crippen LogP contribution in [0.3, 0.4) is 0 Å². The number of hydrogen-bond donors (Lipinski definition) is 5. The average Bonchev–Trinajstić information content (AvgIpc) is 3.83. The van der Waals surface area contributed by atoms with Crippen molar-refractivity contribution in [3.8, 4) is 23.0 Å². The summed E-state index contributed by atoms with van der Waals surface area (Å²) in [7, 11) is 0. The second-order valence-corrected chi connectivity index (χ2v) is 21.5. The zero-order valence-corrected chi connectivity index (χ0v) is 35.8. The summed E-state index contributed by atoms with van der Waals surface area (Å²) in [5.74, 6) is -0.750. The molecule has 10 heteroatoms. The molecule has 10 nitrogen and oxygen atoms in total. The number of fused-ring (bicyclic) bond motifs is 8. The molecule has 2 spiro atoms. The van der Waals surface area contributed by atoms with Gasteiger partial charge in [0.2, 0.25) is 0 Å². The fourth-order valence-electron chi connectivity index (χ4n) is 15.2. The van der Waals surface area contributed by atoms with Gasteiger partial charge in [0, 0.05) is 63.8 Å². The van der Waals surface area contributed by atoms with E-state index in [1.54, 1.807) is 0 Å². The Labute approximate surface area is 342 Å². The molecule has 0 bridgehead atoms. The number of Topliss-reactive ketones (excluding diaryl/α,β-unsaturated/α-hetero) is 1. The summed E-state index contributed by atoms with van der Waals surface area (Å²) in [6.45, 7) is 18.6. The standard InChI is InChI=1S/C48H64O10/c1-23-10-12-32-43(4,5)34(53)14-16-45(32,8)47(23)21-29-31(52)19-27-37(42(29)58-47)40(55)38(39(27)54)36-26(22-49)18-30(51)28-20-48(57-41(28)36)24(2)11-13-33-44(6,7)35(56-25(3)50)15-17-46(33,48)9/h18-19,23-24,32-35,38,40,49,51-53,55H,10-17,20-22H2,1-9H3. The van der Waals surface area contributed by atoms with Crippen LogP contribution in [0.2, 0.25) is 0 Å². The lowest BCUT2D eigenvalue weighted by Crippen LogP contribution is -2.67. The van der Waals surface area contributed by atoms with Gasteiger partial charge in [-0.3, -0.25) is 9.59 Å². The first kappa shape index (κ1) is 40.1. The number of phenols is 2. The molecule has 0 amide bonds. The second-order valence-electron chi connectivity index (χ2n) is 21.5. The number of esters is 1. The first-order valence-electron chi connectivity index (χ1n) is 21.9. The van der Waals surface area contributed by atoms with Crippen LogP contribution in [-0.4, -0.2) is 60.7 Å². The number of phenolic OH excluding ortho intramolecular Hbond substituents is 2. The number of carbonyl (C=O) groups excluding carboxylic acids is 2. The van der Waals surface area contributed by atoms with Crippen molar-refractivity contribution >= 4 is 11.8 Å². The molecule has 2 aromatic rings. The minimum atomic E-state index is -1.37. The van der Waals surface area contributed by atoms with Crippen molar-refractivity contribution in [2.45, 2.75) is 169 Å². The third-order valence-corrected chi connectivity index (χ3v) is 18.5. The first-order chi connectivity index (χ1) is 27.1. The highest BCUT2D eigenvalue weighted by atomic mass is 16.5. The van der Waals surface area contributed by atoms with Gasteiger partial charge in [-0.2, -0.15) is 0 Å². The lowest BCUT2D eigenvalue weighted by Gasteiger charge is -2.64. The van der Waals surface area contributed by atoms with Gasteiger partial charge < -0.3 is 39.7 Å². The molecule has 2 heterocycles. The number of ketones is 1. The van der Waals surface area contributed by atoms with Crippen LogP contribution in [0.4, 0.5) is 0 Å². The van der Waals surface area contributed by atoms with Crippen LogP contribution in [0, 0.1) is 45.3 Å². The molecule has 58 heavy (non-hydrogen) atoms. The Bertz CT molecular complexity index is 2110. The Morgan fingerprint density at radius 1 is 0.759 bits per heavy atom. The van der Waals surface area contributed by atoms with E-state index in [0.717, 1.165) is 38.5 Å². The monoisotopic (exact) mass is 800 g/mol. The molecule has 5 N–H and O–H groups in total. The van der Waals surface area contributed by atoms with Crippen molar-refractivity contribution in [3.05, 3.63) is 45.5 Å². The molecule has 7 aliphatic rings. The number of hydrogen-bond acceptors (Lipinski definition) is 10. The largest absolute Gasteiger partial charge is 0.508 e. The number of aliphatic hydroxyl groups excluding tert-OH is 3. The van der Waals surface area contributed by atoms with Gasteiger partial charge in [-0.05, 0) is 98.1 Å². The average molecular weight is 801 g/mol. The Kier molecular flexibility index (Phi) is 8.71. The van der Waals surface area contributed by atoms with Crippen molar-refractivity contribution in [2.75, 3.05) is 0 Å². The van der Waals surface area contributed by atoms with Crippen LogP contribution >= 0.6 is 0 Å². The molecule has 5 aliphatic carbocycles. The van der Waals surface area contributed by atoms with Gasteiger partial charge in [0.15, 0.2) is 5.78 Å². The lowest BCUT2D eigenvalue weighted by molar-refractivity contribution is -0.218. The minimum absolute atomic E-state index is 0.0127. The van der Waals surface area contributed by atoms with E-state index >= 15 is 0 Å². The smallest absolute Gasteiger partial charge is 0.302 e. The predicted octanol–water partition coefficient (Wildman–Crippen LogP) is 7.99. The van der Waals surface area contributed by atoms with E-state index in [0.29, 0.717) is 65.0 Å². The van der Waals surface area contributed by atoms with Crippen molar-refractivity contribution in [1.82, 2.24) is 0 Å². The number of benzene rings is 2. The first-order valence-corrected chi connectivity index (χ1v) is 21.9. The van der Waals surface area contributed by atoms with Crippen LogP contribution in [0.15, 0.2) is 12.1 Å². The van der Waals surface area contributed by atoms with Crippen LogP contribution in [0.5, 0.6) is 23.0 Å². The molecule has 0 aromatic heterocycles. The highest BCUT2D eigenvalue weighted by Gasteiger charge is 2.70. The third-order valence-electron chi connectivity index (χ3n) is 18.5. The van der Waals surface area contributed by atoms with E-state index in [1.807, 2.05) is 0 Å². The SMILES string of the molecule is CC(=O)OC1CCC2(C)C(CCC(C)C23Cc2c(O)cc(CO)c(C4C(=O)c5cc(O)c6c(c5C4O)OC4(C6)C(C)CCC5C(C)(C)C(O)CCC54C)c2O3)C1(C)C. The molecule has 2 aromatic carbocycles. The topological polar surface area (TPSA) is 163 Å². The van der Waals surface area contributed by atoms with Gasteiger partial charge >= 0.3 is 5.97 Å². The Hall–Kier alpha value is -3.34. The maximum absolute atomic E-state index is 14.9. The Morgan fingerprint density at radius 3 is 1.83 bits per heavy atom. The lowest BCUT2D eigenvalue weighted by atomic mass is 9.43. The molecule has 0 saturated heterocycles. The normalized spacial score (nSPS) is 41.6. The Morgan fingerprint density at radius 2 is 1.28 bits per heavy atom. The zero-order valence-electron chi connectivity index (χ0n) is 35.8. The molecule has 4 fully saturated rings. The minimum Gasteiger partial charge on any atom is -0.508 e. The highest BCUT2D eigenvalue weighted by molar-refractivity contribution is 6.08. The fraction of sp³-hybridized carbons (Fsp3) is 0.708. The summed E-state index contributed by atoms with van der Waals surface area (Å²) in [4.78, 5) is 27.1. The van der Waals surface area contributed by atoms with Crippen LogP contribution < -0.4 is 9.47 Å². The maximum atomic E-state index is 14.9. The van der Waals surface area contributed by atoms with Gasteiger partial charge in [-0.15, -0.1) is 0 Å². The summed E-state index contributed by atoms with van der Waals surface area (Å²) >= 11 is 0. The van der Waals surface area contributed by atoms with Crippen molar-refractivity contribution in [2.24, 2.45) is 45.3 Å². The fourth-order valence-corrected chi connectivity index (χ4v) is 15.2. The quantitative estimate of drug-likeness (QED) is 0.192. The summed E-state index contributed by atoms with van der Waals surface area (Å²) in [5, 5.41) is 58.1. The molecular formula is C48H64O10. The van der Waals surface area contributed by atoms with E-state index in [1.165, 1.54) is 19.1 Å². The summed E-state index contributed by atoms with van der Waals surface area (Å²) < 4.78 is 20.5. The number of ether oxygens (including phenoxy) is 3. The molecule has 0 radical (unpaired) electrons. The molecule has 316 valence electrons. The number of rotatable bonds is 3. The van der Waals surface area contributed by atoms with Crippen molar-refractivity contribution < 1.29 is 49.3 Å². The van der Waals surface area contributed by atoms with Gasteiger partial charge in [0.25, 0.3) is 0 Å². The Balaban J connectivity index is 1.13. The van der Waals surface area contributed by atoms with E-state index in [2.05, 4.69) is 55.4 Å². The highest BCUT2D eigenvalue weighted by Crippen LogP contribution is 2.70. The van der Waals surface area contributed by atoms with Crippen LogP contribution in [0.1, 0.15) is 164 Å². The summed E-state index contributed by atoms with van der Waals surface area (Å²) in [6, 6.07) is 3.01. The van der Waals surface area contributed by atoms with E-state index in [9.17, 15) is 35.1 Å². The zero-order chi connectivity index (χ0) is 41.9. The molecule has 12 unspecified atom stereocenters. The second kappa shape index (κ2) is 12.6. The van der Waals surface area contributed by atoms with Crippen molar-refractivity contribution in [1.29, 1.82) is 0 Å². The van der Waals surface area contributed by atoms with Gasteiger partial charge in [0.05, 0.1) is 24.7 Å².